The molecule has 7 heteroatoms. The third-order valence-corrected chi connectivity index (χ3v) is 8.73. The lowest BCUT2D eigenvalue weighted by molar-refractivity contribution is 0.100. The maximum absolute atomic E-state index is 16.2. The van der Waals surface area contributed by atoms with Gasteiger partial charge in [0, 0.05) is 59.1 Å². The number of hydrogen-bond acceptors (Lipinski definition) is 6. The molecule has 0 amide bonds. The second kappa shape index (κ2) is 8.39. The highest BCUT2D eigenvalue weighted by atomic mass is 19.1. The van der Waals surface area contributed by atoms with E-state index in [-0.39, 0.29) is 23.7 Å². The Bertz CT molecular complexity index is 1210. The van der Waals surface area contributed by atoms with Crippen LogP contribution in [-0.4, -0.2) is 60.0 Å². The fraction of sp³-hybridized carbons (Fsp3) is 0.536. The van der Waals surface area contributed by atoms with Crippen LogP contribution < -0.4 is 10.2 Å². The third-order valence-electron chi connectivity index (χ3n) is 8.73. The molecule has 2 atom stereocenters. The SMILES string of the molecule is CC1(C)c2c(cnc(N3CCC(N4CCCCC4)CC3)c2F)C(=O)C2=C3C=CC(C#N)=CC3NC21. The first-order valence-corrected chi connectivity index (χ1v) is 12.9. The lowest BCUT2D eigenvalue weighted by atomic mass is 9.67. The van der Waals surface area contributed by atoms with Crippen molar-refractivity contribution < 1.29 is 9.18 Å². The van der Waals surface area contributed by atoms with Gasteiger partial charge in [-0.3, -0.25) is 10.1 Å². The van der Waals surface area contributed by atoms with E-state index in [1.165, 1.54) is 32.4 Å². The summed E-state index contributed by atoms with van der Waals surface area (Å²) in [5, 5.41) is 12.8. The highest BCUT2D eigenvalue weighted by Gasteiger charge is 2.51. The molecule has 1 aromatic heterocycles. The molecule has 182 valence electrons. The lowest BCUT2D eigenvalue weighted by Crippen LogP contribution is -2.51. The number of halogens is 1. The lowest BCUT2D eigenvalue weighted by Gasteiger charge is -2.42. The number of carbonyl (C=O) groups is 1. The minimum atomic E-state index is -0.648. The van der Waals surface area contributed by atoms with Gasteiger partial charge in [0.05, 0.1) is 12.1 Å². The van der Waals surface area contributed by atoms with Gasteiger partial charge in [-0.25, -0.2) is 9.37 Å². The van der Waals surface area contributed by atoms with Crippen molar-refractivity contribution in [2.75, 3.05) is 31.1 Å². The summed E-state index contributed by atoms with van der Waals surface area (Å²) < 4.78 is 16.2. The number of nitrogens with one attached hydrogen (secondary N) is 1. The summed E-state index contributed by atoms with van der Waals surface area (Å²) in [7, 11) is 0. The molecule has 6 nitrogen and oxygen atoms in total. The third kappa shape index (κ3) is 3.49. The van der Waals surface area contributed by atoms with Gasteiger partial charge < -0.3 is 9.80 Å². The van der Waals surface area contributed by atoms with Crippen LogP contribution in [0.5, 0.6) is 0 Å². The van der Waals surface area contributed by atoms with E-state index in [0.717, 1.165) is 31.5 Å². The van der Waals surface area contributed by atoms with Crippen molar-refractivity contribution in [3.8, 4) is 6.07 Å². The molecule has 4 heterocycles. The second-order valence-electron chi connectivity index (χ2n) is 11.1. The molecule has 1 N–H and O–H groups in total. The Kier molecular flexibility index (Phi) is 5.43. The minimum absolute atomic E-state index is 0.158. The van der Waals surface area contributed by atoms with Crippen LogP contribution in [0.25, 0.3) is 0 Å². The van der Waals surface area contributed by atoms with E-state index in [9.17, 15) is 10.1 Å². The van der Waals surface area contributed by atoms with Crippen molar-refractivity contribution >= 4 is 11.6 Å². The molecule has 0 spiro atoms. The number of Topliss-reactive ketones (excluding diaryl/α,β-unsaturated/α-hetero) is 1. The largest absolute Gasteiger partial charge is 0.354 e. The molecule has 2 fully saturated rings. The average Bonchev–Trinajstić information content (AvgIpc) is 3.28. The van der Waals surface area contributed by atoms with Crippen molar-refractivity contribution in [1.29, 1.82) is 5.26 Å². The fourth-order valence-corrected chi connectivity index (χ4v) is 6.85. The second-order valence-corrected chi connectivity index (χ2v) is 11.1. The molecule has 2 unspecified atom stereocenters. The Morgan fingerprint density at radius 2 is 1.89 bits per heavy atom. The number of fused-ring (bicyclic) bond motifs is 3. The van der Waals surface area contributed by atoms with E-state index in [1.807, 2.05) is 26.0 Å². The number of hydrogen-bond donors (Lipinski definition) is 1. The molecule has 6 rings (SSSR count). The van der Waals surface area contributed by atoms with Crippen LogP contribution in [0.2, 0.25) is 0 Å². The van der Waals surface area contributed by atoms with Gasteiger partial charge >= 0.3 is 0 Å². The molecule has 1 aromatic rings. The monoisotopic (exact) mass is 473 g/mol. The van der Waals surface area contributed by atoms with Crippen molar-refractivity contribution in [2.24, 2.45) is 0 Å². The molecule has 0 aromatic carbocycles. The van der Waals surface area contributed by atoms with Crippen LogP contribution in [0.1, 0.15) is 61.9 Å². The van der Waals surface area contributed by atoms with Gasteiger partial charge in [0.2, 0.25) is 0 Å². The van der Waals surface area contributed by atoms with E-state index >= 15 is 4.39 Å². The number of likely N-dealkylation sites (tertiary alicyclic amines) is 1. The van der Waals surface area contributed by atoms with Gasteiger partial charge in [-0.05, 0) is 56.5 Å². The Balaban J connectivity index is 1.30. The van der Waals surface area contributed by atoms with Crippen LogP contribution >= 0.6 is 0 Å². The van der Waals surface area contributed by atoms with E-state index in [0.29, 0.717) is 34.1 Å². The number of aromatic nitrogens is 1. The summed E-state index contributed by atoms with van der Waals surface area (Å²) in [6.07, 6.45) is 13.0. The van der Waals surface area contributed by atoms with E-state index < -0.39 is 5.41 Å². The summed E-state index contributed by atoms with van der Waals surface area (Å²) in [4.78, 5) is 22.8. The zero-order valence-corrected chi connectivity index (χ0v) is 20.5. The predicted molar refractivity (Wildman–Crippen MR) is 133 cm³/mol. The molecular formula is C28H32FN5O. The van der Waals surface area contributed by atoms with Crippen LogP contribution in [-0.2, 0) is 5.41 Å². The van der Waals surface area contributed by atoms with E-state index in [4.69, 9.17) is 0 Å². The normalized spacial score (nSPS) is 28.3. The van der Waals surface area contributed by atoms with Crippen LogP contribution in [0.4, 0.5) is 10.2 Å². The average molecular weight is 474 g/mol. The molecule has 0 radical (unpaired) electrons. The number of allylic oxidation sites excluding steroid dienone is 2. The summed E-state index contributed by atoms with van der Waals surface area (Å²) >= 11 is 0. The van der Waals surface area contributed by atoms with E-state index in [1.54, 1.807) is 12.3 Å². The summed E-state index contributed by atoms with van der Waals surface area (Å²) in [6.45, 7) is 7.93. The van der Waals surface area contributed by atoms with Gasteiger partial charge in [-0.1, -0.05) is 26.3 Å². The maximum Gasteiger partial charge on any atom is 0.192 e. The van der Waals surface area contributed by atoms with Crippen LogP contribution in [0.15, 0.2) is 41.1 Å². The van der Waals surface area contributed by atoms with Crippen molar-refractivity contribution in [3.63, 3.8) is 0 Å². The van der Waals surface area contributed by atoms with Gasteiger partial charge in [0.25, 0.3) is 0 Å². The number of nitrogens with zero attached hydrogens (tertiary/aromatic N) is 4. The Hall–Kier alpha value is -2.82. The van der Waals surface area contributed by atoms with Crippen molar-refractivity contribution in [1.82, 2.24) is 15.2 Å². The van der Waals surface area contributed by atoms with Crippen LogP contribution in [0, 0.1) is 17.1 Å². The topological polar surface area (TPSA) is 72.3 Å². The molecule has 35 heavy (non-hydrogen) atoms. The van der Waals surface area contributed by atoms with Crippen LogP contribution in [0.3, 0.4) is 0 Å². The molecule has 2 saturated heterocycles. The summed E-state index contributed by atoms with van der Waals surface area (Å²) in [5.41, 5.74) is 2.29. The van der Waals surface area contributed by atoms with Gasteiger partial charge in [0.1, 0.15) is 0 Å². The summed E-state index contributed by atoms with van der Waals surface area (Å²) in [5.74, 6) is -0.142. The minimum Gasteiger partial charge on any atom is -0.354 e. The van der Waals surface area contributed by atoms with Crippen molar-refractivity contribution in [2.45, 2.75) is 69.5 Å². The maximum atomic E-state index is 16.2. The zero-order valence-electron chi connectivity index (χ0n) is 20.5. The first kappa shape index (κ1) is 22.6. The fourth-order valence-electron chi connectivity index (χ4n) is 6.85. The number of carbonyl (C=O) groups excluding carboxylic acids is 1. The molecular weight excluding hydrogens is 441 g/mol. The number of nitriles is 1. The Morgan fingerprint density at radius 1 is 1.14 bits per heavy atom. The highest BCUT2D eigenvalue weighted by Crippen LogP contribution is 2.47. The summed E-state index contributed by atoms with van der Waals surface area (Å²) in [6, 6.07) is 2.21. The Labute approximate surface area is 206 Å². The smallest absolute Gasteiger partial charge is 0.192 e. The highest BCUT2D eigenvalue weighted by molar-refractivity contribution is 6.14. The quantitative estimate of drug-likeness (QED) is 0.704. The molecule has 0 bridgehead atoms. The zero-order chi connectivity index (χ0) is 24.3. The first-order chi connectivity index (χ1) is 16.9. The number of pyridine rings is 1. The first-order valence-electron chi connectivity index (χ1n) is 12.9. The molecule has 3 aliphatic heterocycles. The Morgan fingerprint density at radius 3 is 2.60 bits per heavy atom. The number of piperidine rings is 2. The predicted octanol–water partition coefficient (Wildman–Crippen LogP) is 3.81. The standard InChI is InChI=1S/C28H32FN5O/c1-28(2)23-20(25(35)22-19-7-6-17(15-30)14-21(19)32-26(22)28)16-31-27(24(23)29)34-12-8-18(9-13-34)33-10-4-3-5-11-33/h6-7,14,16,18,21,26,32H,3-5,8-13H2,1-2H3. The molecule has 0 saturated carbocycles. The van der Waals surface area contributed by atoms with Gasteiger partial charge in [-0.2, -0.15) is 5.26 Å². The molecule has 5 aliphatic rings. The van der Waals surface area contributed by atoms with E-state index in [2.05, 4.69) is 26.2 Å². The number of ketones is 1. The van der Waals surface area contributed by atoms with Gasteiger partial charge in [0.15, 0.2) is 17.4 Å². The molecule has 2 aliphatic carbocycles. The van der Waals surface area contributed by atoms with Crippen molar-refractivity contribution in [3.05, 3.63) is 58.1 Å². The number of rotatable bonds is 2. The number of anilines is 1. The van der Waals surface area contributed by atoms with Gasteiger partial charge in [-0.15, -0.1) is 0 Å².